The lowest BCUT2D eigenvalue weighted by atomic mass is 9.86. The van der Waals surface area contributed by atoms with Gasteiger partial charge in [0.25, 0.3) is 0 Å². The summed E-state index contributed by atoms with van der Waals surface area (Å²) in [5, 5.41) is 0. The van der Waals surface area contributed by atoms with Gasteiger partial charge >= 0.3 is 0 Å². The minimum atomic E-state index is -0.508. The Morgan fingerprint density at radius 3 is 2.32 bits per heavy atom. The van der Waals surface area contributed by atoms with Crippen LogP contribution in [0.3, 0.4) is 0 Å². The Morgan fingerprint density at radius 1 is 1.37 bits per heavy atom. The molecule has 19 heavy (non-hydrogen) atoms. The Bertz CT molecular complexity index is 430. The summed E-state index contributed by atoms with van der Waals surface area (Å²) < 4.78 is 5.54. The fraction of sp³-hybridized carbons (Fsp3) is 0.667. The third kappa shape index (κ3) is 4.10. The highest BCUT2D eigenvalue weighted by atomic mass is 16.3. The van der Waals surface area contributed by atoms with Crippen LogP contribution < -0.4 is 5.73 Å². The van der Waals surface area contributed by atoms with Gasteiger partial charge in [-0.05, 0) is 38.3 Å². The van der Waals surface area contributed by atoms with Gasteiger partial charge in [-0.3, -0.25) is 4.79 Å². The molecule has 0 saturated heterocycles. The van der Waals surface area contributed by atoms with Gasteiger partial charge in [0.1, 0.15) is 11.5 Å². The molecule has 0 fully saturated rings. The Hall–Kier alpha value is -1.29. The lowest BCUT2D eigenvalue weighted by Gasteiger charge is -2.34. The first-order chi connectivity index (χ1) is 8.62. The van der Waals surface area contributed by atoms with Crippen LogP contribution in [0.4, 0.5) is 0 Å². The number of furan rings is 1. The van der Waals surface area contributed by atoms with E-state index in [0.29, 0.717) is 6.54 Å². The van der Waals surface area contributed by atoms with E-state index in [1.807, 2.05) is 53.7 Å². The number of carbonyl (C=O) groups is 1. The fourth-order valence-corrected chi connectivity index (χ4v) is 1.80. The van der Waals surface area contributed by atoms with E-state index in [0.717, 1.165) is 11.5 Å². The quantitative estimate of drug-likeness (QED) is 0.911. The average molecular weight is 266 g/mol. The highest BCUT2D eigenvalue weighted by Gasteiger charge is 2.32. The molecule has 2 N–H and O–H groups in total. The van der Waals surface area contributed by atoms with Crippen molar-refractivity contribution in [1.82, 2.24) is 4.90 Å². The van der Waals surface area contributed by atoms with Gasteiger partial charge in [0.2, 0.25) is 5.91 Å². The highest BCUT2D eigenvalue weighted by Crippen LogP contribution is 2.21. The molecule has 0 aliphatic carbocycles. The van der Waals surface area contributed by atoms with Crippen molar-refractivity contribution in [3.63, 3.8) is 0 Å². The van der Waals surface area contributed by atoms with E-state index < -0.39 is 6.04 Å². The molecule has 1 heterocycles. The number of nitrogens with two attached hydrogens (primary N) is 1. The summed E-state index contributed by atoms with van der Waals surface area (Å²) in [6, 6.07) is 3.39. The lowest BCUT2D eigenvalue weighted by Crippen LogP contribution is -2.52. The Labute approximate surface area is 116 Å². The van der Waals surface area contributed by atoms with Crippen LogP contribution in [0.5, 0.6) is 0 Å². The van der Waals surface area contributed by atoms with Crippen LogP contribution in [0.2, 0.25) is 0 Å². The largest absolute Gasteiger partial charge is 0.464 e. The first-order valence-electron chi connectivity index (χ1n) is 6.74. The summed E-state index contributed by atoms with van der Waals surface area (Å²) in [4.78, 5) is 14.3. The number of aryl methyl sites for hydroxylation is 1. The molecular formula is C15H26N2O2. The predicted octanol–water partition coefficient (Wildman–Crippen LogP) is 2.70. The average Bonchev–Trinajstić information content (AvgIpc) is 2.68. The van der Waals surface area contributed by atoms with Crippen molar-refractivity contribution in [2.24, 2.45) is 11.1 Å². The number of rotatable bonds is 4. The van der Waals surface area contributed by atoms with Crippen LogP contribution in [0.25, 0.3) is 0 Å². The zero-order chi connectivity index (χ0) is 14.8. The van der Waals surface area contributed by atoms with Gasteiger partial charge in [0.15, 0.2) is 0 Å². The van der Waals surface area contributed by atoms with Crippen LogP contribution in [0, 0.1) is 12.3 Å². The zero-order valence-corrected chi connectivity index (χ0v) is 12.9. The molecule has 1 amide bonds. The van der Waals surface area contributed by atoms with E-state index in [-0.39, 0.29) is 17.4 Å². The molecular weight excluding hydrogens is 240 g/mol. The summed E-state index contributed by atoms with van der Waals surface area (Å²) in [5.41, 5.74) is 5.82. The monoisotopic (exact) mass is 266 g/mol. The second-order valence-corrected chi connectivity index (χ2v) is 6.42. The van der Waals surface area contributed by atoms with E-state index in [2.05, 4.69) is 0 Å². The van der Waals surface area contributed by atoms with Crippen molar-refractivity contribution in [2.45, 2.75) is 60.2 Å². The smallest absolute Gasteiger partial charge is 0.240 e. The minimum Gasteiger partial charge on any atom is -0.464 e. The maximum Gasteiger partial charge on any atom is 0.240 e. The van der Waals surface area contributed by atoms with Gasteiger partial charge in [-0.2, -0.15) is 0 Å². The molecule has 4 nitrogen and oxygen atoms in total. The van der Waals surface area contributed by atoms with Crippen LogP contribution in [-0.2, 0) is 11.3 Å². The second kappa shape index (κ2) is 5.78. The Kier molecular flexibility index (Phi) is 4.80. The molecule has 0 bridgehead atoms. The number of carbonyl (C=O) groups excluding carboxylic acids is 1. The summed E-state index contributed by atoms with van der Waals surface area (Å²) in [6.07, 6.45) is 0. The molecule has 0 radical (unpaired) electrons. The third-order valence-corrected chi connectivity index (χ3v) is 3.23. The van der Waals surface area contributed by atoms with Crippen molar-refractivity contribution in [3.8, 4) is 0 Å². The summed E-state index contributed by atoms with van der Waals surface area (Å²) in [6.45, 7) is 12.3. The first kappa shape index (κ1) is 15.8. The van der Waals surface area contributed by atoms with E-state index in [4.69, 9.17) is 10.2 Å². The number of hydrogen-bond donors (Lipinski definition) is 1. The molecule has 4 heteroatoms. The maximum absolute atomic E-state index is 12.5. The standard InChI is InChI=1S/C15H26N2O2/c1-10(2)17(9-12-8-7-11(3)19-12)14(18)13(16)15(4,5)6/h7-8,10,13H,9,16H2,1-6H3/t13-/m1/s1. The van der Waals surface area contributed by atoms with E-state index in [9.17, 15) is 4.79 Å². The SMILES string of the molecule is Cc1ccc(CN(C(=O)[C@@H](N)C(C)(C)C)C(C)C)o1. The van der Waals surface area contributed by atoms with E-state index >= 15 is 0 Å². The molecule has 1 rings (SSSR count). The second-order valence-electron chi connectivity index (χ2n) is 6.42. The maximum atomic E-state index is 12.5. The summed E-state index contributed by atoms with van der Waals surface area (Å²) in [7, 11) is 0. The molecule has 0 aliphatic heterocycles. The minimum absolute atomic E-state index is 0.0310. The van der Waals surface area contributed by atoms with Crippen LogP contribution >= 0.6 is 0 Å². The van der Waals surface area contributed by atoms with E-state index in [1.165, 1.54) is 0 Å². The lowest BCUT2D eigenvalue weighted by molar-refractivity contribution is -0.137. The molecule has 0 unspecified atom stereocenters. The van der Waals surface area contributed by atoms with Gasteiger partial charge < -0.3 is 15.1 Å². The summed E-state index contributed by atoms with van der Waals surface area (Å²) >= 11 is 0. The van der Waals surface area contributed by atoms with Crippen molar-refractivity contribution >= 4 is 5.91 Å². The van der Waals surface area contributed by atoms with Gasteiger partial charge in [-0.25, -0.2) is 0 Å². The molecule has 1 atom stereocenters. The topological polar surface area (TPSA) is 59.5 Å². The van der Waals surface area contributed by atoms with Crippen molar-refractivity contribution in [2.75, 3.05) is 0 Å². The third-order valence-electron chi connectivity index (χ3n) is 3.23. The van der Waals surface area contributed by atoms with Crippen molar-refractivity contribution in [1.29, 1.82) is 0 Å². The Balaban J connectivity index is 2.86. The summed E-state index contributed by atoms with van der Waals surface area (Å²) in [5.74, 6) is 1.61. The van der Waals surface area contributed by atoms with Gasteiger partial charge in [-0.1, -0.05) is 20.8 Å². The molecule has 0 spiro atoms. The molecule has 0 aromatic carbocycles. The molecule has 0 saturated carbocycles. The molecule has 108 valence electrons. The molecule has 1 aromatic rings. The van der Waals surface area contributed by atoms with Gasteiger partial charge in [-0.15, -0.1) is 0 Å². The molecule has 1 aromatic heterocycles. The van der Waals surface area contributed by atoms with Crippen molar-refractivity contribution in [3.05, 3.63) is 23.7 Å². The van der Waals surface area contributed by atoms with Crippen LogP contribution in [0.1, 0.15) is 46.1 Å². The predicted molar refractivity (Wildman–Crippen MR) is 76.6 cm³/mol. The number of amides is 1. The molecule has 0 aliphatic rings. The van der Waals surface area contributed by atoms with Crippen LogP contribution in [0.15, 0.2) is 16.5 Å². The zero-order valence-electron chi connectivity index (χ0n) is 12.9. The highest BCUT2D eigenvalue weighted by molar-refractivity contribution is 5.82. The number of hydrogen-bond acceptors (Lipinski definition) is 3. The van der Waals surface area contributed by atoms with Crippen molar-refractivity contribution < 1.29 is 9.21 Å². The fourth-order valence-electron chi connectivity index (χ4n) is 1.80. The van der Waals surface area contributed by atoms with E-state index in [1.54, 1.807) is 4.90 Å². The van der Waals surface area contributed by atoms with Gasteiger partial charge in [0.05, 0.1) is 12.6 Å². The Morgan fingerprint density at radius 2 is 1.95 bits per heavy atom. The number of nitrogens with zero attached hydrogens (tertiary/aromatic N) is 1. The first-order valence-corrected chi connectivity index (χ1v) is 6.74. The normalized spacial score (nSPS) is 13.7. The van der Waals surface area contributed by atoms with Gasteiger partial charge in [0, 0.05) is 6.04 Å². The van der Waals surface area contributed by atoms with Crippen LogP contribution in [-0.4, -0.2) is 22.9 Å².